The Balaban J connectivity index is 1.31. The second kappa shape index (κ2) is 30.1. The van der Waals surface area contributed by atoms with Gasteiger partial charge in [-0.1, -0.05) is 22.3 Å². The van der Waals surface area contributed by atoms with Gasteiger partial charge in [0.1, 0.15) is 0 Å². The van der Waals surface area contributed by atoms with E-state index < -0.39 is 178 Å². The van der Waals surface area contributed by atoms with E-state index in [-0.39, 0.29) is 66.8 Å². The molecule has 8 aromatic carbocycles. The third-order valence-corrected chi connectivity index (χ3v) is 36.5. The van der Waals surface area contributed by atoms with E-state index in [0.717, 1.165) is 97.1 Å². The predicted molar refractivity (Wildman–Crippen MR) is 375 cm³/mol. The molecule has 0 aliphatic heterocycles. The van der Waals surface area contributed by atoms with Crippen molar-refractivity contribution in [2.45, 2.75) is 182 Å². The Hall–Kier alpha value is -6.97. The zero-order valence-electron chi connectivity index (χ0n) is 60.2. The quantitative estimate of drug-likeness (QED) is 0.0405. The van der Waals surface area contributed by atoms with Crippen LogP contribution in [0.4, 0.5) is 119 Å². The first kappa shape index (κ1) is 92.5. The molecule has 0 saturated carbocycles. The summed E-state index contributed by atoms with van der Waals surface area (Å²) >= 11 is -5.25. The number of rotatable bonds is 25. The molecule has 0 aliphatic rings. The minimum atomic E-state index is -7.88. The zero-order valence-corrected chi connectivity index (χ0v) is 66.4. The molecule has 8 rings (SSSR count). The standard InChI is InChI=1S/C72H60F27IO9S5/c1-37-29-41(5)57(42(6)30-37)110(58-43(7)31-38(2)32-44(58)8,108-113(103,104)71(96,97)65(81,82)62(75,76)68(88,89)90)55-25-17-51(18-26-55)49-13-21-53(22-14-49)100(107-112(101,102)70(94,95)64(79,80)61(73,74)67(85,86)87)54-23-15-50(16-24-54)52-19-27-56(28-20-52)111(59-45(9)33-39(3)34-46(59)10,60-47(11)35-40(4)36-48(60)12)109-114(105,106)72(98,99)66(83,84)63(77,78)69(91,92)93/h13-36H,1-12H3. The van der Waals surface area contributed by atoms with Crippen LogP contribution in [0.5, 0.6) is 0 Å². The predicted octanol–water partition coefficient (Wildman–Crippen LogP) is 24.9. The van der Waals surface area contributed by atoms with Crippen LogP contribution in [0.3, 0.4) is 0 Å². The molecule has 0 radical (unpaired) electrons. The molecule has 9 nitrogen and oxygen atoms in total. The van der Waals surface area contributed by atoms with Gasteiger partial charge in [-0.15, -0.1) is 0 Å². The molecule has 0 spiro atoms. The molecule has 0 bridgehead atoms. The second-order valence-corrected chi connectivity index (χ2v) is 41.7. The summed E-state index contributed by atoms with van der Waals surface area (Å²) in [5, 5.41) is -22.4. The van der Waals surface area contributed by atoms with Crippen molar-refractivity contribution >= 4 is 71.2 Å². The number of hydrogen-bond acceptors (Lipinski definition) is 9. The number of halogens is 28. The van der Waals surface area contributed by atoms with Gasteiger partial charge in [0.25, 0.3) is 0 Å². The average molecular weight is 1870 g/mol. The zero-order chi connectivity index (χ0) is 87.0. The van der Waals surface area contributed by atoms with Crippen molar-refractivity contribution in [3.8, 4) is 22.3 Å². The summed E-state index contributed by atoms with van der Waals surface area (Å²) in [5.74, 6) is -46.9. The summed E-state index contributed by atoms with van der Waals surface area (Å²) in [7, 11) is -33.0. The van der Waals surface area contributed by atoms with Gasteiger partial charge in [-0.25, -0.2) is 0 Å². The van der Waals surface area contributed by atoms with Gasteiger partial charge in [0.15, 0.2) is 0 Å². The normalized spacial score (nSPS) is 14.7. The summed E-state index contributed by atoms with van der Waals surface area (Å²) in [6.45, 7) is 15.9. The fourth-order valence-electron chi connectivity index (χ4n) is 12.8. The van der Waals surface area contributed by atoms with Crippen molar-refractivity contribution in [2.24, 2.45) is 0 Å². The van der Waals surface area contributed by atoms with Crippen LogP contribution in [0.25, 0.3) is 22.3 Å². The molecule has 0 heterocycles. The van der Waals surface area contributed by atoms with Gasteiger partial charge >= 0.3 is 520 Å². The summed E-state index contributed by atoms with van der Waals surface area (Å²) in [4.78, 5) is -2.87. The molecule has 628 valence electrons. The Morgan fingerprint density at radius 3 is 0.605 bits per heavy atom. The Morgan fingerprint density at radius 2 is 0.421 bits per heavy atom. The van der Waals surface area contributed by atoms with Crippen molar-refractivity contribution in [1.82, 2.24) is 0 Å². The maximum absolute atomic E-state index is 16.1. The van der Waals surface area contributed by atoms with E-state index in [1.165, 1.54) is 132 Å². The first-order valence-electron chi connectivity index (χ1n) is 32.0. The second-order valence-electron chi connectivity index (χ2n) is 26.4. The molecular formula is C72H60F27IO9S5. The number of benzene rings is 8. The van der Waals surface area contributed by atoms with Crippen molar-refractivity contribution in [2.75, 3.05) is 0 Å². The van der Waals surface area contributed by atoms with E-state index in [4.69, 9.17) is 7.26 Å². The Bertz CT molecular complexity index is 4890. The first-order valence-corrected chi connectivity index (χ1v) is 42.3. The van der Waals surface area contributed by atoms with Crippen LogP contribution in [0.2, 0.25) is 0 Å². The van der Waals surface area contributed by atoms with Gasteiger partial charge in [-0.3, -0.25) is 0 Å². The monoisotopic (exact) mass is 1870 g/mol. The molecule has 0 N–H and O–H groups in total. The molecule has 0 aliphatic carbocycles. The Kier molecular flexibility index (Phi) is 24.5. The van der Waals surface area contributed by atoms with Crippen molar-refractivity contribution in [1.29, 1.82) is 0 Å². The topological polar surface area (TPSA) is 130 Å². The van der Waals surface area contributed by atoms with Crippen molar-refractivity contribution in [3.05, 3.63) is 219 Å². The van der Waals surface area contributed by atoms with E-state index in [9.17, 15) is 91.1 Å². The molecule has 0 saturated heterocycles. The molecule has 42 heteroatoms. The van der Waals surface area contributed by atoms with Gasteiger partial charge in [-0.05, 0) is 27.7 Å². The summed E-state index contributed by atoms with van der Waals surface area (Å²) in [6.07, 6.45) is -22.6. The third kappa shape index (κ3) is 15.1. The average Bonchev–Trinajstić information content (AvgIpc) is 0.702. The molecule has 0 aromatic heterocycles. The third-order valence-electron chi connectivity index (χ3n) is 17.5. The van der Waals surface area contributed by atoms with Gasteiger partial charge in [-0.2, -0.15) is 79.0 Å². The van der Waals surface area contributed by atoms with E-state index in [0.29, 0.717) is 22.3 Å². The summed E-state index contributed by atoms with van der Waals surface area (Å²) in [6, 6.07) is 24.8. The van der Waals surface area contributed by atoms with Crippen molar-refractivity contribution in [3.63, 3.8) is 0 Å². The van der Waals surface area contributed by atoms with Gasteiger partial charge in [0, 0.05) is 0 Å². The van der Waals surface area contributed by atoms with Crippen LogP contribution in [0.15, 0.2) is 175 Å². The van der Waals surface area contributed by atoms with E-state index in [2.05, 4.69) is 2.51 Å². The molecule has 114 heavy (non-hydrogen) atoms. The SMILES string of the molecule is Cc1cc(C)c(S(OS(=O)(=O)C(F)(F)C(F)(F)C(F)(F)C(F)(F)F)(c2ccc(-c3ccc(I(OS(=O)(=O)C(F)(F)C(F)(F)C(F)(F)C(F)(F)F)c4ccc(-c5ccc(S(OS(=O)(=O)C(F)(F)C(F)(F)C(F)(F)C(F)(F)F)(c6c(C)cc(C)cc6C)c6c(C)cc(C)cc6C)cc5)cc4)cc3)cc2)c2c(C)cc(C)cc2C)c(C)c1. The summed E-state index contributed by atoms with van der Waals surface area (Å²) < 4.78 is 493. The van der Waals surface area contributed by atoms with Crippen LogP contribution in [-0.4, -0.2) is 95.1 Å². The Morgan fingerprint density at radius 1 is 0.246 bits per heavy atom. The minimum absolute atomic E-state index is 0.0731. The number of hydrogen-bond donors (Lipinski definition) is 0. The maximum atomic E-state index is 16.1. The molecule has 0 amide bonds. The Labute approximate surface area is 645 Å². The fraction of sp³-hybridized carbons (Fsp3) is 0.333. The molecule has 0 unspecified atom stereocenters. The van der Waals surface area contributed by atoms with E-state index in [1.807, 2.05) is 0 Å². The number of aryl methyl sites for hydroxylation is 12. The van der Waals surface area contributed by atoms with Crippen LogP contribution in [0.1, 0.15) is 66.8 Å². The fourth-order valence-corrected chi connectivity index (χ4v) is 31.6. The molecule has 0 atom stereocenters. The van der Waals surface area contributed by atoms with Gasteiger partial charge in [0.2, 0.25) is 0 Å². The molecule has 0 fully saturated rings. The molecular weight excluding hydrogens is 1810 g/mol. The number of alkyl halides is 27. The molecule has 8 aromatic rings. The van der Waals surface area contributed by atoms with Gasteiger partial charge in [0.05, 0.1) is 0 Å². The van der Waals surface area contributed by atoms with Crippen LogP contribution >= 0.6 is 40.9 Å². The van der Waals surface area contributed by atoms with Crippen LogP contribution < -0.4 is 0 Å². The van der Waals surface area contributed by atoms with Crippen LogP contribution in [0, 0.1) is 90.2 Å². The first-order chi connectivity index (χ1) is 51.4. The van der Waals surface area contributed by atoms with Crippen LogP contribution in [-0.2, 0) is 40.1 Å². The van der Waals surface area contributed by atoms with E-state index in [1.54, 1.807) is 0 Å². The summed E-state index contributed by atoms with van der Waals surface area (Å²) in [5.41, 5.74) is 0.215. The van der Waals surface area contributed by atoms with Gasteiger partial charge < -0.3 is 0 Å². The van der Waals surface area contributed by atoms with E-state index >= 15 is 52.7 Å². The van der Waals surface area contributed by atoms with Crippen molar-refractivity contribution < 1.29 is 154 Å².